The predicted molar refractivity (Wildman–Crippen MR) is 83.6 cm³/mol. The van der Waals surface area contributed by atoms with Crippen LogP contribution in [0.15, 0.2) is 28.2 Å². The highest BCUT2D eigenvalue weighted by molar-refractivity contribution is 8.00. The summed E-state index contributed by atoms with van der Waals surface area (Å²) in [6.45, 7) is 1.71. The number of halogens is 1. The molecule has 9 heteroatoms. The molecule has 0 bridgehead atoms. The van der Waals surface area contributed by atoms with Crippen molar-refractivity contribution in [2.45, 2.75) is 17.3 Å². The first-order chi connectivity index (χ1) is 9.88. The molecular formula is C12H14ClN5O2S. The van der Waals surface area contributed by atoms with E-state index in [1.54, 1.807) is 32.2 Å². The second kappa shape index (κ2) is 6.23. The first-order valence-electron chi connectivity index (χ1n) is 6.02. The highest BCUT2D eigenvalue weighted by Gasteiger charge is 2.18. The number of nitrogen functional groups attached to an aromatic ring is 1. The number of anilines is 2. The van der Waals surface area contributed by atoms with E-state index in [9.17, 15) is 9.59 Å². The van der Waals surface area contributed by atoms with Gasteiger partial charge in [-0.2, -0.15) is 0 Å². The van der Waals surface area contributed by atoms with Crippen LogP contribution in [0.2, 0.25) is 5.02 Å². The minimum absolute atomic E-state index is 0.246. The van der Waals surface area contributed by atoms with Gasteiger partial charge in [-0.05, 0) is 25.1 Å². The summed E-state index contributed by atoms with van der Waals surface area (Å²) < 4.78 is 1.34. The predicted octanol–water partition coefficient (Wildman–Crippen LogP) is 1.46. The Labute approximate surface area is 129 Å². The van der Waals surface area contributed by atoms with E-state index in [1.807, 2.05) is 0 Å². The Morgan fingerprint density at radius 3 is 2.86 bits per heavy atom. The van der Waals surface area contributed by atoms with Crippen LogP contribution in [-0.4, -0.2) is 25.9 Å². The third-order valence-electron chi connectivity index (χ3n) is 2.76. The van der Waals surface area contributed by atoms with Crippen molar-refractivity contribution in [3.05, 3.63) is 33.7 Å². The summed E-state index contributed by atoms with van der Waals surface area (Å²) >= 11 is 6.97. The summed E-state index contributed by atoms with van der Waals surface area (Å²) in [5, 5.41) is 9.36. The molecule has 21 heavy (non-hydrogen) atoms. The van der Waals surface area contributed by atoms with Gasteiger partial charge in [0.1, 0.15) is 0 Å². The molecule has 7 nitrogen and oxygen atoms in total. The third kappa shape index (κ3) is 3.59. The summed E-state index contributed by atoms with van der Waals surface area (Å²) in [5.41, 5.74) is 6.34. The van der Waals surface area contributed by atoms with E-state index < -0.39 is 5.25 Å². The fraction of sp³-hybridized carbons (Fsp3) is 0.250. The van der Waals surface area contributed by atoms with E-state index in [2.05, 4.69) is 15.5 Å². The number of carbonyl (C=O) groups is 1. The second-order valence-electron chi connectivity index (χ2n) is 4.35. The fourth-order valence-electron chi connectivity index (χ4n) is 1.53. The third-order valence-corrected chi connectivity index (χ3v) is 4.14. The molecule has 4 N–H and O–H groups in total. The minimum Gasteiger partial charge on any atom is -0.397 e. The van der Waals surface area contributed by atoms with Crippen LogP contribution in [0.4, 0.5) is 11.4 Å². The Kier molecular flexibility index (Phi) is 4.59. The van der Waals surface area contributed by atoms with Crippen LogP contribution in [0.25, 0.3) is 0 Å². The molecular weight excluding hydrogens is 314 g/mol. The van der Waals surface area contributed by atoms with Gasteiger partial charge in [-0.15, -0.1) is 5.10 Å². The zero-order valence-corrected chi connectivity index (χ0v) is 13.0. The standard InChI is InChI=1S/C12H14ClN5O2S/c1-6(21-12-17-16-11(20)18(12)2)10(19)15-9-4-3-7(13)5-8(9)14/h3-6H,14H2,1-2H3,(H,15,19)(H,16,20). The Bertz CT molecular complexity index is 727. The number of rotatable bonds is 4. The van der Waals surface area contributed by atoms with Crippen molar-refractivity contribution >= 4 is 40.6 Å². The van der Waals surface area contributed by atoms with E-state index in [0.29, 0.717) is 21.6 Å². The van der Waals surface area contributed by atoms with Gasteiger partial charge in [0.25, 0.3) is 0 Å². The van der Waals surface area contributed by atoms with Crippen LogP contribution >= 0.6 is 23.4 Å². The molecule has 0 saturated heterocycles. The van der Waals surface area contributed by atoms with Gasteiger partial charge in [0.15, 0.2) is 5.16 Å². The summed E-state index contributed by atoms with van der Waals surface area (Å²) in [5.74, 6) is -0.246. The number of aromatic amines is 1. The average Bonchev–Trinajstić information content (AvgIpc) is 2.73. The van der Waals surface area contributed by atoms with Gasteiger partial charge < -0.3 is 11.1 Å². The number of aromatic nitrogens is 3. The SMILES string of the molecule is CC(Sc1n[nH]c(=O)n1C)C(=O)Nc1ccc(Cl)cc1N. The molecule has 0 radical (unpaired) electrons. The second-order valence-corrected chi connectivity index (χ2v) is 6.10. The molecule has 1 aromatic carbocycles. The summed E-state index contributed by atoms with van der Waals surface area (Å²) in [6, 6.07) is 4.84. The molecule has 0 aliphatic carbocycles. The van der Waals surface area contributed by atoms with Gasteiger partial charge in [0.05, 0.1) is 16.6 Å². The molecule has 0 spiro atoms. The monoisotopic (exact) mass is 327 g/mol. The summed E-state index contributed by atoms with van der Waals surface area (Å²) in [7, 11) is 1.58. The normalized spacial score (nSPS) is 12.1. The Balaban J connectivity index is 2.06. The van der Waals surface area contributed by atoms with Gasteiger partial charge in [-0.25, -0.2) is 9.89 Å². The molecule has 0 aliphatic heterocycles. The first kappa shape index (κ1) is 15.5. The van der Waals surface area contributed by atoms with Gasteiger partial charge in [0, 0.05) is 12.1 Å². The van der Waals surface area contributed by atoms with Crippen LogP contribution in [0.1, 0.15) is 6.92 Å². The van der Waals surface area contributed by atoms with Crippen molar-refractivity contribution in [2.75, 3.05) is 11.1 Å². The molecule has 0 fully saturated rings. The van der Waals surface area contributed by atoms with Crippen LogP contribution in [0.5, 0.6) is 0 Å². The highest BCUT2D eigenvalue weighted by Crippen LogP contribution is 2.25. The highest BCUT2D eigenvalue weighted by atomic mass is 35.5. The van der Waals surface area contributed by atoms with Crippen molar-refractivity contribution in [3.63, 3.8) is 0 Å². The van der Waals surface area contributed by atoms with Crippen LogP contribution < -0.4 is 16.7 Å². The van der Waals surface area contributed by atoms with Gasteiger partial charge in [-0.3, -0.25) is 9.36 Å². The largest absolute Gasteiger partial charge is 0.397 e. The van der Waals surface area contributed by atoms with Crippen LogP contribution in [-0.2, 0) is 11.8 Å². The zero-order chi connectivity index (χ0) is 15.6. The van der Waals surface area contributed by atoms with Crippen molar-refractivity contribution in [1.82, 2.24) is 14.8 Å². The Morgan fingerprint density at radius 1 is 1.57 bits per heavy atom. The average molecular weight is 328 g/mol. The summed E-state index contributed by atoms with van der Waals surface area (Å²) in [6.07, 6.45) is 0. The fourth-order valence-corrected chi connectivity index (χ4v) is 2.53. The summed E-state index contributed by atoms with van der Waals surface area (Å²) in [4.78, 5) is 23.4. The number of hydrogen-bond donors (Lipinski definition) is 3. The van der Waals surface area contributed by atoms with E-state index in [1.165, 1.54) is 16.3 Å². The van der Waals surface area contributed by atoms with Crippen LogP contribution in [0, 0.1) is 0 Å². The lowest BCUT2D eigenvalue weighted by atomic mass is 10.2. The van der Waals surface area contributed by atoms with Gasteiger partial charge >= 0.3 is 5.69 Å². The molecule has 1 aromatic heterocycles. The van der Waals surface area contributed by atoms with Crippen molar-refractivity contribution in [3.8, 4) is 0 Å². The van der Waals surface area contributed by atoms with Gasteiger partial charge in [-0.1, -0.05) is 23.4 Å². The van der Waals surface area contributed by atoms with Crippen molar-refractivity contribution in [1.29, 1.82) is 0 Å². The van der Waals surface area contributed by atoms with E-state index in [4.69, 9.17) is 17.3 Å². The Morgan fingerprint density at radius 2 is 2.29 bits per heavy atom. The molecule has 1 atom stereocenters. The first-order valence-corrected chi connectivity index (χ1v) is 7.28. The Hall–Kier alpha value is -1.93. The number of thioether (sulfide) groups is 1. The molecule has 0 aliphatic rings. The molecule has 112 valence electrons. The molecule has 0 saturated carbocycles. The molecule has 1 heterocycles. The minimum atomic E-state index is -0.450. The lowest BCUT2D eigenvalue weighted by Crippen LogP contribution is -2.23. The van der Waals surface area contributed by atoms with E-state index in [-0.39, 0.29) is 11.6 Å². The lowest BCUT2D eigenvalue weighted by molar-refractivity contribution is -0.115. The maximum Gasteiger partial charge on any atom is 0.343 e. The number of hydrogen-bond acceptors (Lipinski definition) is 5. The number of H-pyrrole nitrogens is 1. The van der Waals surface area contributed by atoms with Gasteiger partial charge in [0.2, 0.25) is 5.91 Å². The molecule has 2 rings (SSSR count). The smallest absolute Gasteiger partial charge is 0.343 e. The number of carbonyl (C=O) groups excluding carboxylic acids is 1. The number of benzene rings is 1. The van der Waals surface area contributed by atoms with Crippen molar-refractivity contribution < 1.29 is 4.79 Å². The van der Waals surface area contributed by atoms with Crippen LogP contribution in [0.3, 0.4) is 0 Å². The maximum absolute atomic E-state index is 12.1. The number of nitrogens with zero attached hydrogens (tertiary/aromatic N) is 2. The van der Waals surface area contributed by atoms with E-state index >= 15 is 0 Å². The van der Waals surface area contributed by atoms with Crippen molar-refractivity contribution in [2.24, 2.45) is 7.05 Å². The maximum atomic E-state index is 12.1. The number of nitrogens with one attached hydrogen (secondary N) is 2. The number of nitrogens with two attached hydrogens (primary N) is 1. The quantitative estimate of drug-likeness (QED) is 0.582. The molecule has 1 unspecified atom stereocenters. The molecule has 1 amide bonds. The number of amides is 1. The molecule has 2 aromatic rings. The topological polar surface area (TPSA) is 106 Å². The lowest BCUT2D eigenvalue weighted by Gasteiger charge is -2.12. The zero-order valence-electron chi connectivity index (χ0n) is 11.4. The van der Waals surface area contributed by atoms with E-state index in [0.717, 1.165) is 0 Å².